The summed E-state index contributed by atoms with van der Waals surface area (Å²) in [6, 6.07) is 12.7. The molecule has 1 aromatic heterocycles. The lowest BCUT2D eigenvalue weighted by molar-refractivity contribution is -0.117. The first-order chi connectivity index (χ1) is 11.7. The number of hydrogen-bond acceptors (Lipinski definition) is 4. The molecule has 1 N–H and O–H groups in total. The Kier molecular flexibility index (Phi) is 3.57. The van der Waals surface area contributed by atoms with Crippen LogP contribution in [0, 0.1) is 0 Å². The summed E-state index contributed by atoms with van der Waals surface area (Å²) in [5.41, 5.74) is 3.27. The molecule has 0 saturated carbocycles. The summed E-state index contributed by atoms with van der Waals surface area (Å²) < 4.78 is 5.77. The number of hydrogen-bond donors (Lipinski definition) is 1. The average molecular weight is 323 g/mol. The monoisotopic (exact) mass is 323 g/mol. The molecule has 2 aliphatic heterocycles. The van der Waals surface area contributed by atoms with Crippen LogP contribution in [-0.4, -0.2) is 24.9 Å². The van der Waals surface area contributed by atoms with Gasteiger partial charge in [-0.3, -0.25) is 15.0 Å². The molecule has 6 nitrogen and oxygen atoms in total. The van der Waals surface area contributed by atoms with Crippen LogP contribution in [0.5, 0.6) is 0 Å². The fraction of sp³-hybridized carbons (Fsp3) is 0.222. The highest BCUT2D eigenvalue weighted by molar-refractivity contribution is 6.31. The van der Waals surface area contributed by atoms with Crippen LogP contribution in [0.4, 0.5) is 11.6 Å². The van der Waals surface area contributed by atoms with Crippen molar-refractivity contribution < 1.29 is 14.0 Å². The largest absolute Gasteiger partial charge is 0.441 e. The number of anilines is 2. The van der Waals surface area contributed by atoms with E-state index in [0.29, 0.717) is 11.4 Å². The molecule has 24 heavy (non-hydrogen) atoms. The number of nitrogens with zero attached hydrogens (tertiary/aromatic N) is 2. The summed E-state index contributed by atoms with van der Waals surface area (Å²) in [7, 11) is 0. The normalized spacial score (nSPS) is 19.4. The van der Waals surface area contributed by atoms with Crippen molar-refractivity contribution >= 4 is 29.5 Å². The summed E-state index contributed by atoms with van der Waals surface area (Å²) >= 11 is 0. The number of benzene rings is 1. The summed E-state index contributed by atoms with van der Waals surface area (Å²) in [5.74, 6) is 0.476. The number of para-hydroxylation sites is 1. The smallest absolute Gasteiger partial charge is 0.282 e. The standard InChI is InChI=1S/C18H17N3O3/c22-17-15(18(23)21(19-17)13-6-2-1-3-7-13)12-14-8-9-16(24-14)20-10-4-5-11-20/h1-3,6-9,12H,4-5,10-11H2,(H,19,22). The summed E-state index contributed by atoms with van der Waals surface area (Å²) in [5, 5.41) is 1.25. The first-order valence-corrected chi connectivity index (χ1v) is 7.99. The Balaban J connectivity index is 1.58. The zero-order valence-corrected chi connectivity index (χ0v) is 13.1. The molecule has 0 unspecified atom stereocenters. The lowest BCUT2D eigenvalue weighted by Crippen LogP contribution is -2.35. The predicted molar refractivity (Wildman–Crippen MR) is 90.2 cm³/mol. The molecule has 122 valence electrons. The molecular formula is C18H17N3O3. The molecule has 0 atom stereocenters. The number of amides is 2. The first-order valence-electron chi connectivity index (χ1n) is 7.99. The Morgan fingerprint density at radius 2 is 1.75 bits per heavy atom. The number of carbonyl (C=O) groups excluding carboxylic acids is 2. The fourth-order valence-electron chi connectivity index (χ4n) is 2.99. The van der Waals surface area contributed by atoms with Crippen LogP contribution in [0.2, 0.25) is 0 Å². The lowest BCUT2D eigenvalue weighted by Gasteiger charge is -2.13. The highest BCUT2D eigenvalue weighted by Crippen LogP contribution is 2.26. The molecule has 2 aromatic rings. The van der Waals surface area contributed by atoms with Crippen molar-refractivity contribution in [2.45, 2.75) is 12.8 Å². The van der Waals surface area contributed by atoms with Gasteiger partial charge in [0, 0.05) is 19.2 Å². The van der Waals surface area contributed by atoms with Crippen molar-refractivity contribution in [3.05, 3.63) is 53.8 Å². The van der Waals surface area contributed by atoms with E-state index in [1.807, 2.05) is 24.3 Å². The lowest BCUT2D eigenvalue weighted by atomic mass is 10.2. The second kappa shape index (κ2) is 5.88. The Labute approximate surface area is 139 Å². The van der Waals surface area contributed by atoms with Gasteiger partial charge in [0.05, 0.1) is 5.69 Å². The van der Waals surface area contributed by atoms with Crippen LogP contribution in [0.15, 0.2) is 52.5 Å². The van der Waals surface area contributed by atoms with E-state index < -0.39 is 5.91 Å². The molecule has 0 radical (unpaired) electrons. The molecular weight excluding hydrogens is 306 g/mol. The number of carbonyl (C=O) groups is 2. The summed E-state index contributed by atoms with van der Waals surface area (Å²) in [4.78, 5) is 26.8. The van der Waals surface area contributed by atoms with Crippen molar-refractivity contribution in [1.82, 2.24) is 5.43 Å². The zero-order chi connectivity index (χ0) is 16.5. The van der Waals surface area contributed by atoms with Gasteiger partial charge in [0.2, 0.25) is 0 Å². The van der Waals surface area contributed by atoms with Crippen molar-refractivity contribution in [3.63, 3.8) is 0 Å². The topological polar surface area (TPSA) is 65.8 Å². The molecule has 2 saturated heterocycles. The zero-order valence-electron chi connectivity index (χ0n) is 13.1. The third-order valence-corrected chi connectivity index (χ3v) is 4.22. The van der Waals surface area contributed by atoms with Crippen LogP contribution >= 0.6 is 0 Å². The molecule has 2 fully saturated rings. The third kappa shape index (κ3) is 2.56. The van der Waals surface area contributed by atoms with Crippen molar-refractivity contribution in [3.8, 4) is 0 Å². The van der Waals surface area contributed by atoms with E-state index in [2.05, 4.69) is 10.3 Å². The second-order valence-electron chi connectivity index (χ2n) is 5.85. The van der Waals surface area contributed by atoms with Gasteiger partial charge in [-0.2, -0.15) is 0 Å². The van der Waals surface area contributed by atoms with Crippen molar-refractivity contribution in [1.29, 1.82) is 0 Å². The molecule has 2 aliphatic rings. The number of hydrazine groups is 1. The Morgan fingerprint density at radius 1 is 1.00 bits per heavy atom. The molecule has 4 rings (SSSR count). The molecule has 0 spiro atoms. The summed E-state index contributed by atoms with van der Waals surface area (Å²) in [6.45, 7) is 1.95. The SMILES string of the molecule is O=C1NN(c2ccccc2)C(=O)C1=Cc1ccc(N2CCCC2)o1. The van der Waals surface area contributed by atoms with Gasteiger partial charge in [-0.1, -0.05) is 18.2 Å². The minimum atomic E-state index is -0.428. The van der Waals surface area contributed by atoms with Gasteiger partial charge in [0.1, 0.15) is 11.3 Å². The van der Waals surface area contributed by atoms with E-state index in [1.165, 1.54) is 11.1 Å². The van der Waals surface area contributed by atoms with Gasteiger partial charge in [-0.05, 0) is 37.1 Å². The van der Waals surface area contributed by atoms with Crippen LogP contribution < -0.4 is 15.3 Å². The second-order valence-corrected chi connectivity index (χ2v) is 5.85. The third-order valence-electron chi connectivity index (χ3n) is 4.22. The highest BCUT2D eigenvalue weighted by atomic mass is 16.4. The van der Waals surface area contributed by atoms with Gasteiger partial charge in [0.15, 0.2) is 5.88 Å². The van der Waals surface area contributed by atoms with E-state index in [1.54, 1.807) is 18.2 Å². The number of nitrogens with one attached hydrogen (secondary N) is 1. The molecule has 1 aromatic carbocycles. The van der Waals surface area contributed by atoms with E-state index in [9.17, 15) is 9.59 Å². The van der Waals surface area contributed by atoms with E-state index in [0.717, 1.165) is 31.8 Å². The molecule has 2 amide bonds. The van der Waals surface area contributed by atoms with E-state index >= 15 is 0 Å². The minimum Gasteiger partial charge on any atom is -0.441 e. The van der Waals surface area contributed by atoms with Gasteiger partial charge >= 0.3 is 0 Å². The van der Waals surface area contributed by atoms with E-state index in [-0.39, 0.29) is 11.5 Å². The van der Waals surface area contributed by atoms with Gasteiger partial charge in [-0.25, -0.2) is 5.01 Å². The van der Waals surface area contributed by atoms with Crippen LogP contribution in [0.25, 0.3) is 6.08 Å². The van der Waals surface area contributed by atoms with Gasteiger partial charge in [-0.15, -0.1) is 0 Å². The minimum absolute atomic E-state index is 0.0705. The Hall–Kier alpha value is -3.02. The number of furan rings is 1. The quantitative estimate of drug-likeness (QED) is 0.695. The van der Waals surface area contributed by atoms with E-state index in [4.69, 9.17) is 4.42 Å². The van der Waals surface area contributed by atoms with Crippen LogP contribution in [0.1, 0.15) is 18.6 Å². The van der Waals surface area contributed by atoms with Gasteiger partial charge < -0.3 is 9.32 Å². The van der Waals surface area contributed by atoms with Crippen LogP contribution in [0.3, 0.4) is 0 Å². The first kappa shape index (κ1) is 14.6. The fourth-order valence-corrected chi connectivity index (χ4v) is 2.99. The summed E-state index contributed by atoms with van der Waals surface area (Å²) in [6.07, 6.45) is 3.81. The predicted octanol–water partition coefficient (Wildman–Crippen LogP) is 2.34. The van der Waals surface area contributed by atoms with Gasteiger partial charge in [0.25, 0.3) is 11.8 Å². The molecule has 6 heteroatoms. The van der Waals surface area contributed by atoms with Crippen molar-refractivity contribution in [2.75, 3.05) is 23.0 Å². The Bertz CT molecular complexity index is 804. The van der Waals surface area contributed by atoms with Crippen molar-refractivity contribution in [2.24, 2.45) is 0 Å². The van der Waals surface area contributed by atoms with Crippen LogP contribution in [-0.2, 0) is 9.59 Å². The maximum Gasteiger partial charge on any atom is 0.282 e. The molecule has 0 aliphatic carbocycles. The molecule has 3 heterocycles. The Morgan fingerprint density at radius 3 is 2.50 bits per heavy atom. The average Bonchev–Trinajstić information content (AvgIpc) is 3.32. The molecule has 0 bridgehead atoms. The maximum absolute atomic E-state index is 12.5. The highest BCUT2D eigenvalue weighted by Gasteiger charge is 2.34. The maximum atomic E-state index is 12.5. The number of rotatable bonds is 3.